The number of carbonyl (C=O) groups excluding carboxylic acids is 1. The van der Waals surface area contributed by atoms with E-state index in [9.17, 15) is 9.59 Å². The van der Waals surface area contributed by atoms with Gasteiger partial charge in [-0.15, -0.1) is 0 Å². The Morgan fingerprint density at radius 2 is 1.70 bits per heavy atom. The van der Waals surface area contributed by atoms with Gasteiger partial charge in [0.15, 0.2) is 5.12 Å². The Kier molecular flexibility index (Phi) is 10.8. The fraction of sp³-hybridized carbons (Fsp3) is 0.500. The molecule has 1 rings (SSSR count). The minimum Gasteiger partial charge on any atom is -0.481 e. The van der Waals surface area contributed by atoms with E-state index < -0.39 is 5.97 Å². The number of benzene rings is 1. The van der Waals surface area contributed by atoms with E-state index in [0.29, 0.717) is 12.2 Å². The Morgan fingerprint density at radius 1 is 1.15 bits per heavy atom. The fourth-order valence-corrected chi connectivity index (χ4v) is 2.37. The molecule has 4 heteroatoms. The van der Waals surface area contributed by atoms with Crippen LogP contribution in [0.2, 0.25) is 0 Å². The van der Waals surface area contributed by atoms with Crippen molar-refractivity contribution in [3.8, 4) is 0 Å². The number of hydrogen-bond acceptors (Lipinski definition) is 3. The van der Waals surface area contributed by atoms with Gasteiger partial charge >= 0.3 is 5.97 Å². The van der Waals surface area contributed by atoms with Gasteiger partial charge in [0.1, 0.15) is 0 Å². The second kappa shape index (κ2) is 11.5. The van der Waals surface area contributed by atoms with Crippen molar-refractivity contribution < 1.29 is 14.7 Å². The van der Waals surface area contributed by atoms with E-state index in [-0.39, 0.29) is 17.5 Å². The van der Waals surface area contributed by atoms with Gasteiger partial charge in [0.05, 0.1) is 0 Å². The molecule has 0 aromatic heterocycles. The maximum Gasteiger partial charge on any atom is 0.303 e. The van der Waals surface area contributed by atoms with Crippen molar-refractivity contribution in [2.75, 3.05) is 0 Å². The molecule has 0 radical (unpaired) electrons. The average molecular weight is 296 g/mol. The van der Waals surface area contributed by atoms with E-state index in [2.05, 4.69) is 13.8 Å². The lowest BCUT2D eigenvalue weighted by molar-refractivity contribution is -0.138. The van der Waals surface area contributed by atoms with E-state index in [0.717, 1.165) is 5.56 Å². The van der Waals surface area contributed by atoms with Crippen molar-refractivity contribution in [2.24, 2.45) is 5.92 Å². The summed E-state index contributed by atoms with van der Waals surface area (Å²) >= 11 is 1.25. The van der Waals surface area contributed by atoms with Crippen LogP contribution in [0.3, 0.4) is 0 Å². The number of carboxylic acid groups (broad SMARTS) is 1. The number of rotatable bonds is 6. The molecule has 0 amide bonds. The molecule has 0 aliphatic carbocycles. The molecule has 3 nitrogen and oxygen atoms in total. The zero-order valence-electron chi connectivity index (χ0n) is 12.5. The molecule has 1 aromatic carbocycles. The van der Waals surface area contributed by atoms with Crippen LogP contribution in [0.15, 0.2) is 30.3 Å². The molecule has 1 atom stereocenters. The Balaban J connectivity index is 0.00000110. The predicted octanol–water partition coefficient (Wildman–Crippen LogP) is 4.36. The first-order valence-corrected chi connectivity index (χ1v) is 7.89. The average Bonchev–Trinajstić information content (AvgIpc) is 2.37. The van der Waals surface area contributed by atoms with Crippen molar-refractivity contribution in [2.45, 2.75) is 45.8 Å². The molecule has 0 fully saturated rings. The summed E-state index contributed by atoms with van der Waals surface area (Å²) in [6.45, 7) is 6.04. The van der Waals surface area contributed by atoms with Gasteiger partial charge in [-0.25, -0.2) is 0 Å². The Labute approximate surface area is 125 Å². The van der Waals surface area contributed by atoms with Crippen LogP contribution < -0.4 is 0 Å². The molecule has 0 bridgehead atoms. The number of hydrogen-bond donors (Lipinski definition) is 1. The molecule has 0 aliphatic rings. The van der Waals surface area contributed by atoms with E-state index in [1.165, 1.54) is 18.2 Å². The highest BCUT2D eigenvalue weighted by atomic mass is 32.2. The largest absolute Gasteiger partial charge is 0.481 e. The van der Waals surface area contributed by atoms with Gasteiger partial charge in [-0.3, -0.25) is 9.59 Å². The smallest absolute Gasteiger partial charge is 0.303 e. The van der Waals surface area contributed by atoms with Crippen LogP contribution in [-0.4, -0.2) is 16.2 Å². The maximum absolute atomic E-state index is 11.6. The molecule has 0 heterocycles. The van der Waals surface area contributed by atoms with Gasteiger partial charge in [-0.2, -0.15) is 0 Å². The third kappa shape index (κ3) is 10.6. The fourth-order valence-electron chi connectivity index (χ4n) is 1.45. The molecule has 112 valence electrons. The van der Waals surface area contributed by atoms with Gasteiger partial charge in [0.2, 0.25) is 0 Å². The Hall–Kier alpha value is -1.29. The lowest BCUT2D eigenvalue weighted by Gasteiger charge is -2.06. The molecule has 20 heavy (non-hydrogen) atoms. The molecule has 0 saturated heterocycles. The Morgan fingerprint density at radius 3 is 2.20 bits per heavy atom. The molecule has 0 spiro atoms. The standard InChI is InChI=1S/C13H16O3S.C3H8/c1-10(7-12(14)15)8-13(16)17-9-11-5-3-2-4-6-11;1-3-2/h2-6,10H,7-9H2,1H3,(H,14,15);3H2,1-2H3/t10-;/m1./s1. The monoisotopic (exact) mass is 296 g/mol. The van der Waals surface area contributed by atoms with E-state index in [1.807, 2.05) is 30.3 Å². The van der Waals surface area contributed by atoms with Gasteiger partial charge in [-0.05, 0) is 11.5 Å². The summed E-state index contributed by atoms with van der Waals surface area (Å²) in [5.41, 5.74) is 1.11. The summed E-state index contributed by atoms with van der Waals surface area (Å²) < 4.78 is 0. The van der Waals surface area contributed by atoms with Crippen LogP contribution in [0.4, 0.5) is 0 Å². The molecule has 0 saturated carbocycles. The van der Waals surface area contributed by atoms with Crippen LogP contribution in [0, 0.1) is 5.92 Å². The third-order valence-electron chi connectivity index (χ3n) is 2.28. The van der Waals surface area contributed by atoms with Gasteiger partial charge in [0, 0.05) is 18.6 Å². The zero-order chi connectivity index (χ0) is 15.4. The predicted molar refractivity (Wildman–Crippen MR) is 84.7 cm³/mol. The van der Waals surface area contributed by atoms with Crippen LogP contribution in [0.5, 0.6) is 0 Å². The van der Waals surface area contributed by atoms with E-state index in [1.54, 1.807) is 6.92 Å². The summed E-state index contributed by atoms with van der Waals surface area (Å²) in [6.07, 6.45) is 1.63. The first kappa shape index (κ1) is 18.7. The Bertz CT molecular complexity index is 390. The highest BCUT2D eigenvalue weighted by molar-refractivity contribution is 8.12. The lowest BCUT2D eigenvalue weighted by Crippen LogP contribution is -2.08. The molecule has 1 aromatic rings. The minimum atomic E-state index is -0.849. The molecular formula is C16H24O3S. The maximum atomic E-state index is 11.6. The number of aliphatic carboxylic acids is 1. The lowest BCUT2D eigenvalue weighted by atomic mass is 10.1. The van der Waals surface area contributed by atoms with Crippen molar-refractivity contribution in [1.29, 1.82) is 0 Å². The summed E-state index contributed by atoms with van der Waals surface area (Å²) in [7, 11) is 0. The number of thioether (sulfide) groups is 1. The van der Waals surface area contributed by atoms with Crippen molar-refractivity contribution in [3.05, 3.63) is 35.9 Å². The molecule has 0 aliphatic heterocycles. The van der Waals surface area contributed by atoms with E-state index >= 15 is 0 Å². The van der Waals surface area contributed by atoms with Crippen molar-refractivity contribution in [3.63, 3.8) is 0 Å². The second-order valence-corrected chi connectivity index (χ2v) is 5.79. The molecule has 0 unspecified atom stereocenters. The SMILES string of the molecule is CCC.C[C@H](CC(=O)O)CC(=O)SCc1ccccc1. The summed E-state index contributed by atoms with van der Waals surface area (Å²) in [5.74, 6) is -0.291. The van der Waals surface area contributed by atoms with Gasteiger partial charge in [-0.1, -0.05) is 69.3 Å². The van der Waals surface area contributed by atoms with Crippen molar-refractivity contribution >= 4 is 22.8 Å². The molecular weight excluding hydrogens is 272 g/mol. The second-order valence-electron chi connectivity index (χ2n) is 4.76. The first-order chi connectivity index (χ1) is 9.49. The van der Waals surface area contributed by atoms with Crippen LogP contribution in [0.25, 0.3) is 0 Å². The van der Waals surface area contributed by atoms with Crippen LogP contribution >= 0.6 is 11.8 Å². The van der Waals surface area contributed by atoms with Crippen LogP contribution in [-0.2, 0) is 15.3 Å². The summed E-state index contributed by atoms with van der Waals surface area (Å²) in [4.78, 5) is 22.0. The normalized spacial score (nSPS) is 11.2. The van der Waals surface area contributed by atoms with Gasteiger partial charge < -0.3 is 5.11 Å². The van der Waals surface area contributed by atoms with Gasteiger partial charge in [0.25, 0.3) is 0 Å². The number of carbonyl (C=O) groups is 2. The third-order valence-corrected chi connectivity index (χ3v) is 3.25. The quantitative estimate of drug-likeness (QED) is 0.847. The molecule has 1 N–H and O–H groups in total. The highest BCUT2D eigenvalue weighted by Crippen LogP contribution is 2.18. The summed E-state index contributed by atoms with van der Waals surface area (Å²) in [5, 5.41) is 8.64. The van der Waals surface area contributed by atoms with Crippen molar-refractivity contribution in [1.82, 2.24) is 0 Å². The summed E-state index contributed by atoms with van der Waals surface area (Å²) in [6, 6.07) is 9.76. The topological polar surface area (TPSA) is 54.4 Å². The van der Waals surface area contributed by atoms with E-state index in [4.69, 9.17) is 5.11 Å². The minimum absolute atomic E-state index is 0.0532. The van der Waals surface area contributed by atoms with Crippen LogP contribution in [0.1, 0.15) is 45.6 Å². The zero-order valence-corrected chi connectivity index (χ0v) is 13.3. The first-order valence-electron chi connectivity index (χ1n) is 6.90. The number of carboxylic acids is 1. The highest BCUT2D eigenvalue weighted by Gasteiger charge is 2.12.